The van der Waals surface area contributed by atoms with E-state index in [2.05, 4.69) is 10.2 Å². The van der Waals surface area contributed by atoms with E-state index in [1.165, 1.54) is 0 Å². The molecule has 1 rings (SSSR count). The van der Waals surface area contributed by atoms with Gasteiger partial charge in [-0.1, -0.05) is 30.3 Å². The Morgan fingerprint density at radius 3 is 2.58 bits per heavy atom. The van der Waals surface area contributed by atoms with Crippen LogP contribution in [0.2, 0.25) is 0 Å². The molecule has 0 aliphatic carbocycles. The van der Waals surface area contributed by atoms with Gasteiger partial charge in [0.1, 0.15) is 5.84 Å². The van der Waals surface area contributed by atoms with Crippen LogP contribution in [0.25, 0.3) is 0 Å². The standard InChI is InChI=1S/C9H11N3/c1-8(10)12-11-7-9-5-3-2-4-6-9/h2-7H,1H3,(H2,10,12)/b11-7-. The number of nitrogens with zero attached hydrogens (tertiary/aromatic N) is 2. The maximum atomic E-state index is 5.29. The smallest absolute Gasteiger partial charge is 0.119 e. The first-order valence-electron chi connectivity index (χ1n) is 3.67. The minimum Gasteiger partial charge on any atom is -0.386 e. The lowest BCUT2D eigenvalue weighted by atomic mass is 10.2. The van der Waals surface area contributed by atoms with Gasteiger partial charge >= 0.3 is 0 Å². The molecule has 1 aromatic carbocycles. The second-order valence-corrected chi connectivity index (χ2v) is 2.40. The Labute approximate surface area is 71.6 Å². The van der Waals surface area contributed by atoms with Gasteiger partial charge < -0.3 is 5.73 Å². The van der Waals surface area contributed by atoms with Gasteiger partial charge in [0, 0.05) is 0 Å². The number of amidine groups is 1. The lowest BCUT2D eigenvalue weighted by Gasteiger charge is -1.87. The quantitative estimate of drug-likeness (QED) is 0.398. The van der Waals surface area contributed by atoms with E-state index in [0.717, 1.165) is 5.56 Å². The summed E-state index contributed by atoms with van der Waals surface area (Å²) in [6, 6.07) is 9.74. The summed E-state index contributed by atoms with van der Waals surface area (Å²) in [5.74, 6) is 0.460. The molecule has 0 aliphatic heterocycles. The summed E-state index contributed by atoms with van der Waals surface area (Å²) in [7, 11) is 0. The summed E-state index contributed by atoms with van der Waals surface area (Å²) >= 11 is 0. The Kier molecular flexibility index (Phi) is 3.02. The average molecular weight is 161 g/mol. The first-order valence-corrected chi connectivity index (χ1v) is 3.67. The molecule has 0 atom stereocenters. The van der Waals surface area contributed by atoms with Crippen molar-refractivity contribution < 1.29 is 0 Å². The van der Waals surface area contributed by atoms with Gasteiger partial charge in [-0.15, -0.1) is 5.10 Å². The molecule has 0 aromatic heterocycles. The van der Waals surface area contributed by atoms with Gasteiger partial charge in [-0.25, -0.2) is 0 Å². The normalized spacial score (nSPS) is 12.2. The molecular weight excluding hydrogens is 150 g/mol. The van der Waals surface area contributed by atoms with E-state index >= 15 is 0 Å². The number of nitrogens with two attached hydrogens (primary N) is 1. The molecule has 3 heteroatoms. The van der Waals surface area contributed by atoms with Crippen LogP contribution in [0.1, 0.15) is 12.5 Å². The van der Waals surface area contributed by atoms with Crippen LogP contribution in [-0.2, 0) is 0 Å². The molecule has 0 heterocycles. The minimum atomic E-state index is 0.460. The van der Waals surface area contributed by atoms with Crippen molar-refractivity contribution in [1.82, 2.24) is 0 Å². The summed E-state index contributed by atoms with van der Waals surface area (Å²) in [4.78, 5) is 0. The van der Waals surface area contributed by atoms with E-state index < -0.39 is 0 Å². The van der Waals surface area contributed by atoms with Crippen LogP contribution in [0, 0.1) is 0 Å². The van der Waals surface area contributed by atoms with E-state index in [0.29, 0.717) is 5.84 Å². The molecular formula is C9H11N3. The van der Waals surface area contributed by atoms with Gasteiger partial charge in [0.15, 0.2) is 0 Å². The van der Waals surface area contributed by atoms with Gasteiger partial charge in [-0.3, -0.25) is 0 Å². The average Bonchev–Trinajstić information content (AvgIpc) is 2.05. The third kappa shape index (κ3) is 2.96. The highest BCUT2D eigenvalue weighted by molar-refractivity contribution is 5.81. The zero-order valence-electron chi connectivity index (χ0n) is 6.94. The van der Waals surface area contributed by atoms with Crippen molar-refractivity contribution in [2.24, 2.45) is 15.9 Å². The maximum absolute atomic E-state index is 5.29. The van der Waals surface area contributed by atoms with Crippen molar-refractivity contribution in [3.63, 3.8) is 0 Å². The predicted octanol–water partition coefficient (Wildman–Crippen LogP) is 1.40. The second kappa shape index (κ2) is 4.28. The lowest BCUT2D eigenvalue weighted by Crippen LogP contribution is -2.03. The molecule has 0 radical (unpaired) electrons. The Bertz CT molecular complexity index is 284. The van der Waals surface area contributed by atoms with Crippen molar-refractivity contribution in [2.45, 2.75) is 6.92 Å². The molecule has 3 nitrogen and oxygen atoms in total. The van der Waals surface area contributed by atoms with E-state index in [1.807, 2.05) is 30.3 Å². The Morgan fingerprint density at radius 1 is 1.33 bits per heavy atom. The van der Waals surface area contributed by atoms with Crippen LogP contribution in [-0.4, -0.2) is 12.1 Å². The summed E-state index contributed by atoms with van der Waals surface area (Å²) in [6.07, 6.45) is 1.66. The maximum Gasteiger partial charge on any atom is 0.119 e. The number of rotatable bonds is 2. The van der Waals surface area contributed by atoms with Crippen LogP contribution in [0.15, 0.2) is 40.5 Å². The van der Waals surface area contributed by atoms with E-state index in [-0.39, 0.29) is 0 Å². The van der Waals surface area contributed by atoms with Gasteiger partial charge in [0.25, 0.3) is 0 Å². The predicted molar refractivity (Wildman–Crippen MR) is 51.3 cm³/mol. The molecule has 0 saturated carbocycles. The molecule has 1 aromatic rings. The van der Waals surface area contributed by atoms with Gasteiger partial charge in [0.2, 0.25) is 0 Å². The van der Waals surface area contributed by atoms with E-state index in [1.54, 1.807) is 13.1 Å². The molecule has 0 bridgehead atoms. The van der Waals surface area contributed by atoms with E-state index in [4.69, 9.17) is 5.73 Å². The number of hydrogen-bond acceptors (Lipinski definition) is 2. The Hall–Kier alpha value is -1.64. The highest BCUT2D eigenvalue weighted by Gasteiger charge is 1.81. The fraction of sp³-hybridized carbons (Fsp3) is 0.111. The topological polar surface area (TPSA) is 50.7 Å². The fourth-order valence-corrected chi connectivity index (χ4v) is 0.726. The van der Waals surface area contributed by atoms with Crippen LogP contribution in [0.4, 0.5) is 0 Å². The monoisotopic (exact) mass is 161 g/mol. The van der Waals surface area contributed by atoms with E-state index in [9.17, 15) is 0 Å². The fourth-order valence-electron chi connectivity index (χ4n) is 0.726. The number of hydrogen-bond donors (Lipinski definition) is 1. The molecule has 0 saturated heterocycles. The molecule has 12 heavy (non-hydrogen) atoms. The first kappa shape index (κ1) is 8.46. The third-order valence-corrected chi connectivity index (χ3v) is 1.22. The zero-order chi connectivity index (χ0) is 8.81. The van der Waals surface area contributed by atoms with Crippen LogP contribution < -0.4 is 5.73 Å². The van der Waals surface area contributed by atoms with Crippen LogP contribution >= 0.6 is 0 Å². The summed E-state index contributed by atoms with van der Waals surface area (Å²) in [5, 5.41) is 7.46. The molecule has 2 N–H and O–H groups in total. The lowest BCUT2D eigenvalue weighted by molar-refractivity contribution is 1.22. The third-order valence-electron chi connectivity index (χ3n) is 1.22. The second-order valence-electron chi connectivity index (χ2n) is 2.40. The zero-order valence-corrected chi connectivity index (χ0v) is 6.94. The first-order chi connectivity index (χ1) is 5.79. The molecule has 0 spiro atoms. The highest BCUT2D eigenvalue weighted by Crippen LogP contribution is 1.93. The molecule has 0 unspecified atom stereocenters. The highest BCUT2D eigenvalue weighted by atomic mass is 15.2. The van der Waals surface area contributed by atoms with Crippen molar-refractivity contribution in [2.75, 3.05) is 0 Å². The van der Waals surface area contributed by atoms with Crippen molar-refractivity contribution in [3.8, 4) is 0 Å². The van der Waals surface area contributed by atoms with Gasteiger partial charge in [-0.05, 0) is 12.5 Å². The van der Waals surface area contributed by atoms with Crippen LogP contribution in [0.3, 0.4) is 0 Å². The summed E-state index contributed by atoms with van der Waals surface area (Å²) in [6.45, 7) is 1.70. The minimum absolute atomic E-state index is 0.460. The van der Waals surface area contributed by atoms with Gasteiger partial charge in [-0.2, -0.15) is 5.10 Å². The Morgan fingerprint density at radius 2 is 2.00 bits per heavy atom. The summed E-state index contributed by atoms with van der Waals surface area (Å²) < 4.78 is 0. The van der Waals surface area contributed by atoms with Crippen molar-refractivity contribution in [1.29, 1.82) is 0 Å². The SMILES string of the molecule is C/C(N)=N\N=C/c1ccccc1. The molecule has 0 amide bonds. The largest absolute Gasteiger partial charge is 0.386 e. The molecule has 0 aliphatic rings. The van der Waals surface area contributed by atoms with Crippen molar-refractivity contribution >= 4 is 12.1 Å². The Balaban J connectivity index is 2.64. The molecule has 0 fully saturated rings. The summed E-state index contributed by atoms with van der Waals surface area (Å²) in [5.41, 5.74) is 6.31. The number of benzene rings is 1. The van der Waals surface area contributed by atoms with Gasteiger partial charge in [0.05, 0.1) is 6.21 Å². The molecule has 62 valence electrons. The van der Waals surface area contributed by atoms with Crippen molar-refractivity contribution in [3.05, 3.63) is 35.9 Å². The van der Waals surface area contributed by atoms with Crippen LogP contribution in [0.5, 0.6) is 0 Å².